The van der Waals surface area contributed by atoms with E-state index in [0.717, 1.165) is 64.2 Å². The zero-order chi connectivity index (χ0) is 51.4. The molecule has 0 amide bonds. The molecule has 0 aromatic heterocycles. The van der Waals surface area contributed by atoms with Crippen LogP contribution in [-0.2, 0) is 28.6 Å². The topological polar surface area (TPSA) is 78.9 Å². The third-order valence-corrected chi connectivity index (χ3v) is 14.8. The van der Waals surface area contributed by atoms with E-state index >= 15 is 0 Å². The highest BCUT2D eigenvalue weighted by Gasteiger charge is 2.19. The highest BCUT2D eigenvalue weighted by Crippen LogP contribution is 2.18. The Hall–Kier alpha value is -1.85. The zero-order valence-corrected chi connectivity index (χ0v) is 48.3. The van der Waals surface area contributed by atoms with Crippen molar-refractivity contribution in [2.45, 2.75) is 374 Å². The highest BCUT2D eigenvalue weighted by atomic mass is 16.6. The van der Waals surface area contributed by atoms with Crippen LogP contribution >= 0.6 is 0 Å². The number of rotatable bonds is 60. The summed E-state index contributed by atoms with van der Waals surface area (Å²) in [5.41, 5.74) is 0. The van der Waals surface area contributed by atoms with Crippen LogP contribution in [-0.4, -0.2) is 37.2 Å². The molecule has 0 fully saturated rings. The molecule has 0 N–H and O–H groups in total. The van der Waals surface area contributed by atoms with Crippen molar-refractivity contribution in [1.82, 2.24) is 0 Å². The second-order valence-electron chi connectivity index (χ2n) is 22.0. The van der Waals surface area contributed by atoms with Crippen molar-refractivity contribution in [3.63, 3.8) is 0 Å². The van der Waals surface area contributed by atoms with E-state index in [0.29, 0.717) is 19.3 Å². The number of hydrogen-bond donors (Lipinski definition) is 0. The first-order valence-corrected chi connectivity index (χ1v) is 32.2. The van der Waals surface area contributed by atoms with Crippen LogP contribution in [0.2, 0.25) is 0 Å². The number of hydrogen-bond acceptors (Lipinski definition) is 6. The average molecular weight is 1000 g/mol. The minimum absolute atomic E-state index is 0.0669. The third kappa shape index (κ3) is 58.9. The van der Waals surface area contributed by atoms with Crippen molar-refractivity contribution in [3.05, 3.63) is 12.2 Å². The minimum Gasteiger partial charge on any atom is -0.462 e. The molecule has 0 aromatic carbocycles. The van der Waals surface area contributed by atoms with Gasteiger partial charge in [-0.05, 0) is 44.9 Å². The van der Waals surface area contributed by atoms with Gasteiger partial charge in [0.1, 0.15) is 13.2 Å². The van der Waals surface area contributed by atoms with Crippen LogP contribution < -0.4 is 0 Å². The molecule has 0 aromatic rings. The Bertz CT molecular complexity index is 1100. The van der Waals surface area contributed by atoms with E-state index < -0.39 is 6.10 Å². The van der Waals surface area contributed by atoms with Crippen molar-refractivity contribution in [1.29, 1.82) is 0 Å². The summed E-state index contributed by atoms with van der Waals surface area (Å²) in [7, 11) is 0. The van der Waals surface area contributed by atoms with Crippen molar-refractivity contribution < 1.29 is 28.6 Å². The van der Waals surface area contributed by atoms with Gasteiger partial charge in [0, 0.05) is 19.3 Å². The number of carbonyl (C=O) groups is 3. The molecule has 0 saturated carbocycles. The number of esters is 3. The lowest BCUT2D eigenvalue weighted by molar-refractivity contribution is -0.167. The summed E-state index contributed by atoms with van der Waals surface area (Å²) in [6, 6.07) is 0. The SMILES string of the molecule is CCCCCCCCC/C=C\CCCCCCCC(=O)OC(COC(=O)CCCCCCCCCCCCCCCCC)COC(=O)CCCCCCCCCCCCCCCCCCCCCCCC. The fourth-order valence-electron chi connectivity index (χ4n) is 9.91. The molecule has 0 bridgehead atoms. The predicted octanol–water partition coefficient (Wildman–Crippen LogP) is 21.7. The van der Waals surface area contributed by atoms with E-state index in [1.165, 1.54) is 263 Å². The second-order valence-corrected chi connectivity index (χ2v) is 22.0. The fraction of sp³-hybridized carbons (Fsp3) is 0.923. The second kappa shape index (κ2) is 60.7. The van der Waals surface area contributed by atoms with Gasteiger partial charge in [-0.1, -0.05) is 315 Å². The van der Waals surface area contributed by atoms with Gasteiger partial charge in [0.25, 0.3) is 0 Å². The summed E-state index contributed by atoms with van der Waals surface area (Å²) in [6.07, 6.45) is 70.7. The molecule has 71 heavy (non-hydrogen) atoms. The van der Waals surface area contributed by atoms with Crippen LogP contribution in [0.15, 0.2) is 12.2 Å². The number of carbonyl (C=O) groups excluding carboxylic acids is 3. The van der Waals surface area contributed by atoms with Gasteiger partial charge in [-0.15, -0.1) is 0 Å². The maximum absolute atomic E-state index is 12.9. The van der Waals surface area contributed by atoms with Crippen LogP contribution in [0.3, 0.4) is 0 Å². The Labute approximate surface area is 443 Å². The van der Waals surface area contributed by atoms with E-state index in [-0.39, 0.29) is 31.1 Å². The quantitative estimate of drug-likeness (QED) is 0.0261. The van der Waals surface area contributed by atoms with Gasteiger partial charge in [0.2, 0.25) is 0 Å². The zero-order valence-electron chi connectivity index (χ0n) is 48.3. The lowest BCUT2D eigenvalue weighted by Crippen LogP contribution is -2.30. The van der Waals surface area contributed by atoms with Crippen molar-refractivity contribution in [2.75, 3.05) is 13.2 Å². The van der Waals surface area contributed by atoms with Crippen LogP contribution in [0.5, 0.6) is 0 Å². The summed E-state index contributed by atoms with van der Waals surface area (Å²) in [5, 5.41) is 0. The molecule has 1 unspecified atom stereocenters. The molecule has 0 saturated heterocycles. The summed E-state index contributed by atoms with van der Waals surface area (Å²) in [6.45, 7) is 6.71. The predicted molar refractivity (Wildman–Crippen MR) is 307 cm³/mol. The molecule has 6 heteroatoms. The lowest BCUT2D eigenvalue weighted by Gasteiger charge is -2.18. The number of allylic oxidation sites excluding steroid dienone is 2. The van der Waals surface area contributed by atoms with Gasteiger partial charge < -0.3 is 14.2 Å². The van der Waals surface area contributed by atoms with Gasteiger partial charge in [0.15, 0.2) is 6.10 Å². The van der Waals surface area contributed by atoms with E-state index in [1.807, 2.05) is 0 Å². The Kier molecular flexibility index (Phi) is 59.1. The standard InChI is InChI=1S/C65H124O6/c1-4-7-10-13-16-19-22-25-28-30-31-32-33-34-35-38-40-43-46-49-52-55-58-64(67)70-61-62(60-69-63(66)57-54-51-48-45-42-39-36-27-24-21-18-15-12-9-6-3)71-65(68)59-56-53-50-47-44-41-37-29-26-23-20-17-14-11-8-5-2/h29,37,62H,4-28,30-36,38-61H2,1-3H3/b37-29-. The van der Waals surface area contributed by atoms with Gasteiger partial charge >= 0.3 is 17.9 Å². The molecular weight excluding hydrogens is 877 g/mol. The smallest absolute Gasteiger partial charge is 0.306 e. The first-order chi connectivity index (χ1) is 35.0. The summed E-state index contributed by atoms with van der Waals surface area (Å²) < 4.78 is 16.9. The van der Waals surface area contributed by atoms with E-state index in [4.69, 9.17) is 14.2 Å². The summed E-state index contributed by atoms with van der Waals surface area (Å²) >= 11 is 0. The Morgan fingerprint density at radius 1 is 0.268 bits per heavy atom. The maximum atomic E-state index is 12.9. The van der Waals surface area contributed by atoms with Gasteiger partial charge in [0.05, 0.1) is 0 Å². The van der Waals surface area contributed by atoms with Crippen LogP contribution in [0.1, 0.15) is 367 Å². The average Bonchev–Trinajstić information content (AvgIpc) is 3.37. The van der Waals surface area contributed by atoms with Crippen molar-refractivity contribution in [3.8, 4) is 0 Å². The molecule has 0 aliphatic heterocycles. The summed E-state index contributed by atoms with van der Waals surface area (Å²) in [4.78, 5) is 38.3. The van der Waals surface area contributed by atoms with Crippen molar-refractivity contribution >= 4 is 17.9 Å². The third-order valence-electron chi connectivity index (χ3n) is 14.8. The fourth-order valence-corrected chi connectivity index (χ4v) is 9.91. The molecule has 0 heterocycles. The highest BCUT2D eigenvalue weighted by molar-refractivity contribution is 5.71. The Morgan fingerprint density at radius 2 is 0.465 bits per heavy atom. The first kappa shape index (κ1) is 69.2. The van der Waals surface area contributed by atoms with Gasteiger partial charge in [-0.25, -0.2) is 0 Å². The molecule has 0 radical (unpaired) electrons. The largest absolute Gasteiger partial charge is 0.462 e. The van der Waals surface area contributed by atoms with E-state index in [1.54, 1.807) is 0 Å². The molecule has 0 aliphatic rings. The van der Waals surface area contributed by atoms with Gasteiger partial charge in [-0.2, -0.15) is 0 Å². The summed E-state index contributed by atoms with van der Waals surface area (Å²) in [5.74, 6) is -0.845. The van der Waals surface area contributed by atoms with Crippen LogP contribution in [0.4, 0.5) is 0 Å². The molecule has 1 atom stereocenters. The monoisotopic (exact) mass is 1000 g/mol. The molecule has 420 valence electrons. The molecule has 0 spiro atoms. The minimum atomic E-state index is -0.770. The number of unbranched alkanes of at least 4 members (excludes halogenated alkanes) is 47. The van der Waals surface area contributed by atoms with E-state index in [2.05, 4.69) is 32.9 Å². The molecule has 0 aliphatic carbocycles. The van der Waals surface area contributed by atoms with Crippen LogP contribution in [0, 0.1) is 0 Å². The number of ether oxygens (including phenoxy) is 3. The maximum Gasteiger partial charge on any atom is 0.306 e. The first-order valence-electron chi connectivity index (χ1n) is 32.2. The van der Waals surface area contributed by atoms with E-state index in [9.17, 15) is 14.4 Å². The molecule has 0 rings (SSSR count). The molecule has 6 nitrogen and oxygen atoms in total. The van der Waals surface area contributed by atoms with Gasteiger partial charge in [-0.3, -0.25) is 14.4 Å². The van der Waals surface area contributed by atoms with Crippen LogP contribution in [0.25, 0.3) is 0 Å². The molecular formula is C65H124O6. The Morgan fingerprint density at radius 3 is 0.704 bits per heavy atom. The van der Waals surface area contributed by atoms with Crippen molar-refractivity contribution in [2.24, 2.45) is 0 Å². The lowest BCUT2D eigenvalue weighted by atomic mass is 10.0. The Balaban J connectivity index is 4.26. The normalized spacial score (nSPS) is 12.0.